The van der Waals surface area contributed by atoms with Crippen LogP contribution < -0.4 is 16.0 Å². The lowest BCUT2D eigenvalue weighted by Crippen LogP contribution is -2.38. The molecule has 1 aromatic carbocycles. The van der Waals surface area contributed by atoms with Crippen LogP contribution in [-0.4, -0.2) is 17.1 Å². The number of nitrogens with two attached hydrogens (primary N) is 1. The first-order valence-electron chi connectivity index (χ1n) is 7.13. The fraction of sp³-hybridized carbons (Fsp3) is 0.312. The van der Waals surface area contributed by atoms with E-state index in [0.717, 1.165) is 4.90 Å². The number of amides is 3. The molecule has 0 unspecified atom stereocenters. The maximum atomic E-state index is 12.4. The maximum absolute atomic E-state index is 12.4. The Bertz CT molecular complexity index is 731. The summed E-state index contributed by atoms with van der Waals surface area (Å²) in [7, 11) is 0. The molecule has 0 saturated carbocycles. The Morgan fingerprint density at radius 2 is 1.96 bits per heavy atom. The summed E-state index contributed by atoms with van der Waals surface area (Å²) in [5, 5.41) is 6.36. The lowest BCUT2D eigenvalue weighted by Gasteiger charge is -2.19. The van der Waals surface area contributed by atoms with Crippen LogP contribution in [0.25, 0.3) is 0 Å². The van der Waals surface area contributed by atoms with Gasteiger partial charge in [-0.1, -0.05) is 32.0 Å². The molecule has 122 valence electrons. The summed E-state index contributed by atoms with van der Waals surface area (Å²) in [4.78, 5) is 25.2. The highest BCUT2D eigenvalue weighted by Gasteiger charge is 2.24. The van der Waals surface area contributed by atoms with Crippen LogP contribution in [0.1, 0.15) is 33.5 Å². The summed E-state index contributed by atoms with van der Waals surface area (Å²) in [6.45, 7) is 7.20. The molecule has 0 aliphatic rings. The van der Waals surface area contributed by atoms with Crippen LogP contribution >= 0.6 is 0 Å². The van der Waals surface area contributed by atoms with Crippen LogP contribution in [-0.2, 0) is 10.2 Å². The number of benzene rings is 1. The Morgan fingerprint density at radius 3 is 2.48 bits per heavy atom. The Hall–Kier alpha value is -2.83. The summed E-state index contributed by atoms with van der Waals surface area (Å²) < 4.78 is 5.21. The SMILES string of the molecule is CC(=O)N(C(=O)Nc1cc(C(C)(C)C)on1)c1cccc(N)c1. The zero-order chi connectivity index (χ0) is 17.2. The Kier molecular flexibility index (Phi) is 4.40. The third kappa shape index (κ3) is 3.88. The third-order valence-corrected chi connectivity index (χ3v) is 3.13. The van der Waals surface area contributed by atoms with Crippen molar-refractivity contribution in [1.82, 2.24) is 5.16 Å². The minimum atomic E-state index is -0.628. The number of aromatic nitrogens is 1. The van der Waals surface area contributed by atoms with E-state index >= 15 is 0 Å². The van der Waals surface area contributed by atoms with Gasteiger partial charge in [0.1, 0.15) is 5.76 Å². The number of imide groups is 1. The molecule has 0 saturated heterocycles. The summed E-state index contributed by atoms with van der Waals surface area (Å²) in [5.74, 6) is 0.439. The van der Waals surface area contributed by atoms with Gasteiger partial charge in [-0.15, -0.1) is 0 Å². The number of hydrogen-bond acceptors (Lipinski definition) is 5. The smallest absolute Gasteiger partial charge is 0.334 e. The second-order valence-electron chi connectivity index (χ2n) is 6.21. The quantitative estimate of drug-likeness (QED) is 0.829. The van der Waals surface area contributed by atoms with Gasteiger partial charge in [0, 0.05) is 24.1 Å². The molecule has 0 aliphatic heterocycles. The van der Waals surface area contributed by atoms with Crippen LogP contribution in [0.15, 0.2) is 34.9 Å². The van der Waals surface area contributed by atoms with Crippen molar-refractivity contribution in [2.45, 2.75) is 33.1 Å². The highest BCUT2D eigenvalue weighted by molar-refractivity contribution is 6.17. The van der Waals surface area contributed by atoms with E-state index in [2.05, 4.69) is 10.5 Å². The van der Waals surface area contributed by atoms with Crippen molar-refractivity contribution in [3.05, 3.63) is 36.1 Å². The van der Waals surface area contributed by atoms with E-state index in [4.69, 9.17) is 10.3 Å². The molecular weight excluding hydrogens is 296 g/mol. The van der Waals surface area contributed by atoms with E-state index in [1.54, 1.807) is 30.3 Å². The van der Waals surface area contributed by atoms with Crippen LogP contribution in [0.3, 0.4) is 0 Å². The molecule has 0 bridgehead atoms. The molecular formula is C16H20N4O3. The highest BCUT2D eigenvalue weighted by atomic mass is 16.5. The summed E-state index contributed by atoms with van der Waals surface area (Å²) >= 11 is 0. The molecule has 2 aromatic rings. The van der Waals surface area contributed by atoms with E-state index in [-0.39, 0.29) is 11.2 Å². The van der Waals surface area contributed by atoms with E-state index in [1.165, 1.54) is 6.92 Å². The van der Waals surface area contributed by atoms with Gasteiger partial charge in [0.05, 0.1) is 5.69 Å². The number of anilines is 3. The standard InChI is InChI=1S/C16H20N4O3/c1-10(21)20(12-7-5-6-11(17)8-12)15(22)18-14-9-13(23-19-14)16(2,3)4/h5-9H,17H2,1-4H3,(H,18,19,22). The zero-order valence-corrected chi connectivity index (χ0v) is 13.6. The first kappa shape index (κ1) is 16.5. The molecule has 0 aliphatic carbocycles. The molecule has 3 N–H and O–H groups in total. The Balaban J connectivity index is 2.23. The monoisotopic (exact) mass is 316 g/mol. The number of nitrogens with one attached hydrogen (secondary N) is 1. The van der Waals surface area contributed by atoms with Crippen LogP contribution in [0, 0.1) is 0 Å². The number of nitrogen functional groups attached to an aromatic ring is 1. The Morgan fingerprint density at radius 1 is 1.26 bits per heavy atom. The predicted molar refractivity (Wildman–Crippen MR) is 88.2 cm³/mol. The van der Waals surface area contributed by atoms with Gasteiger partial charge < -0.3 is 10.3 Å². The molecule has 0 atom stereocenters. The summed E-state index contributed by atoms with van der Waals surface area (Å²) in [6, 6.07) is 7.52. The van der Waals surface area contributed by atoms with Crippen molar-refractivity contribution >= 4 is 29.1 Å². The van der Waals surface area contributed by atoms with Gasteiger partial charge in [-0.3, -0.25) is 10.1 Å². The average molecular weight is 316 g/mol. The lowest BCUT2D eigenvalue weighted by atomic mass is 9.93. The summed E-state index contributed by atoms with van der Waals surface area (Å²) in [5.41, 5.74) is 6.31. The number of carbonyl (C=O) groups is 2. The lowest BCUT2D eigenvalue weighted by molar-refractivity contribution is -0.115. The highest BCUT2D eigenvalue weighted by Crippen LogP contribution is 2.25. The molecule has 2 rings (SSSR count). The van der Waals surface area contributed by atoms with E-state index in [1.807, 2.05) is 20.8 Å². The fourth-order valence-electron chi connectivity index (χ4n) is 1.96. The molecule has 3 amide bonds. The summed E-state index contributed by atoms with van der Waals surface area (Å²) in [6.07, 6.45) is 0. The van der Waals surface area contributed by atoms with Crippen molar-refractivity contribution < 1.29 is 14.1 Å². The molecule has 0 spiro atoms. The molecule has 23 heavy (non-hydrogen) atoms. The number of nitrogens with zero attached hydrogens (tertiary/aromatic N) is 2. The molecule has 7 heteroatoms. The zero-order valence-electron chi connectivity index (χ0n) is 13.6. The van der Waals surface area contributed by atoms with Crippen LogP contribution in [0.4, 0.5) is 22.0 Å². The van der Waals surface area contributed by atoms with Gasteiger partial charge in [-0.25, -0.2) is 9.69 Å². The van der Waals surface area contributed by atoms with Crippen molar-refractivity contribution in [3.63, 3.8) is 0 Å². The van der Waals surface area contributed by atoms with Crippen LogP contribution in [0.5, 0.6) is 0 Å². The Labute approximate surface area is 134 Å². The minimum absolute atomic E-state index is 0.232. The van der Waals surface area contributed by atoms with E-state index < -0.39 is 11.9 Å². The van der Waals surface area contributed by atoms with Crippen molar-refractivity contribution in [2.75, 3.05) is 16.0 Å². The minimum Gasteiger partial charge on any atom is -0.399 e. The number of hydrogen-bond donors (Lipinski definition) is 2. The number of urea groups is 1. The molecule has 0 fully saturated rings. The van der Waals surface area contributed by atoms with Gasteiger partial charge in [0.15, 0.2) is 5.82 Å². The van der Waals surface area contributed by atoms with E-state index in [9.17, 15) is 9.59 Å². The van der Waals surface area contributed by atoms with Gasteiger partial charge in [0.25, 0.3) is 0 Å². The number of rotatable bonds is 2. The molecule has 1 aromatic heterocycles. The maximum Gasteiger partial charge on any atom is 0.334 e. The van der Waals surface area contributed by atoms with Gasteiger partial charge in [-0.2, -0.15) is 0 Å². The third-order valence-electron chi connectivity index (χ3n) is 3.13. The van der Waals surface area contributed by atoms with Crippen molar-refractivity contribution in [1.29, 1.82) is 0 Å². The first-order valence-corrected chi connectivity index (χ1v) is 7.13. The van der Waals surface area contributed by atoms with Gasteiger partial charge >= 0.3 is 6.03 Å². The number of carbonyl (C=O) groups excluding carboxylic acids is 2. The second kappa shape index (κ2) is 6.12. The van der Waals surface area contributed by atoms with E-state index in [0.29, 0.717) is 17.1 Å². The molecule has 7 nitrogen and oxygen atoms in total. The largest absolute Gasteiger partial charge is 0.399 e. The first-order chi connectivity index (χ1) is 10.7. The predicted octanol–water partition coefficient (Wildman–Crippen LogP) is 3.14. The average Bonchev–Trinajstić information content (AvgIpc) is 2.86. The molecule has 1 heterocycles. The second-order valence-corrected chi connectivity index (χ2v) is 6.21. The van der Waals surface area contributed by atoms with Gasteiger partial charge in [0.2, 0.25) is 5.91 Å². The molecule has 0 radical (unpaired) electrons. The fourth-order valence-corrected chi connectivity index (χ4v) is 1.96. The van der Waals surface area contributed by atoms with Crippen molar-refractivity contribution in [2.24, 2.45) is 0 Å². The van der Waals surface area contributed by atoms with Crippen LogP contribution in [0.2, 0.25) is 0 Å². The normalized spacial score (nSPS) is 11.1. The topological polar surface area (TPSA) is 101 Å². The van der Waals surface area contributed by atoms with Crippen molar-refractivity contribution in [3.8, 4) is 0 Å². The van der Waals surface area contributed by atoms with Gasteiger partial charge in [-0.05, 0) is 18.2 Å².